The maximum Gasteiger partial charge on any atom is 0.142 e. The molecule has 0 saturated carbocycles. The van der Waals surface area contributed by atoms with E-state index in [4.69, 9.17) is 4.74 Å². The number of halogens is 4. The van der Waals surface area contributed by atoms with Gasteiger partial charge in [0, 0.05) is 45.4 Å². The molecule has 0 aromatic heterocycles. The Morgan fingerprint density at radius 1 is 1.08 bits per heavy atom. The monoisotopic (exact) mass is 600 g/mol. The Kier molecular flexibility index (Phi) is 10.5. The van der Waals surface area contributed by atoms with Crippen molar-refractivity contribution in [2.45, 2.75) is 18.9 Å². The lowest BCUT2D eigenvalue weighted by molar-refractivity contribution is 0.0212. The molecular weight excluding hydrogens is 577 g/mol. The second-order valence-corrected chi connectivity index (χ2v) is 8.34. The molecule has 2 heterocycles. The summed E-state index contributed by atoms with van der Waals surface area (Å²) >= 11 is 4.48. The van der Waals surface area contributed by atoms with Crippen molar-refractivity contribution in [2.24, 2.45) is 5.92 Å². The third-order valence-corrected chi connectivity index (χ3v) is 6.28. The molecule has 2 saturated heterocycles. The lowest BCUT2D eigenvalue weighted by atomic mass is 9.85. The highest BCUT2D eigenvalue weighted by Gasteiger charge is 2.31. The minimum atomic E-state index is 0. The topological polar surface area (TPSA) is 44.7 Å². The SMILES string of the molecule is Cl.Cl.Oc1c(I)cc([C@H](C2CCOCC2)N2CCNCC2)cc1I. The molecule has 4 nitrogen and oxygen atoms in total. The molecule has 1 atom stereocenters. The first-order valence-corrected chi connectivity index (χ1v) is 10.0. The second kappa shape index (κ2) is 10.9. The van der Waals surface area contributed by atoms with Crippen molar-refractivity contribution in [3.05, 3.63) is 24.8 Å². The van der Waals surface area contributed by atoms with E-state index in [9.17, 15) is 5.11 Å². The van der Waals surface area contributed by atoms with Gasteiger partial charge in [-0.15, -0.1) is 24.8 Å². The van der Waals surface area contributed by atoms with Gasteiger partial charge in [0.25, 0.3) is 0 Å². The van der Waals surface area contributed by atoms with Crippen LogP contribution in [0.25, 0.3) is 0 Å². The van der Waals surface area contributed by atoms with Crippen molar-refractivity contribution in [1.29, 1.82) is 0 Å². The summed E-state index contributed by atoms with van der Waals surface area (Å²) in [5, 5.41) is 13.5. The highest BCUT2D eigenvalue weighted by Crippen LogP contribution is 2.38. The summed E-state index contributed by atoms with van der Waals surface area (Å²) in [6, 6.07) is 4.77. The summed E-state index contributed by atoms with van der Waals surface area (Å²) in [6.45, 7) is 6.06. The molecule has 2 fully saturated rings. The van der Waals surface area contributed by atoms with Gasteiger partial charge in [0.1, 0.15) is 5.75 Å². The number of ether oxygens (including phenoxy) is 1. The second-order valence-electron chi connectivity index (χ2n) is 6.01. The largest absolute Gasteiger partial charge is 0.506 e. The van der Waals surface area contributed by atoms with Crippen molar-refractivity contribution in [3.63, 3.8) is 0 Å². The molecule has 2 N–H and O–H groups in total. The molecule has 0 aliphatic carbocycles. The van der Waals surface area contributed by atoms with E-state index in [1.165, 1.54) is 5.56 Å². The molecule has 0 spiro atoms. The predicted octanol–water partition coefficient (Wildman–Crippen LogP) is 3.82. The van der Waals surface area contributed by atoms with Crippen LogP contribution in [-0.4, -0.2) is 49.4 Å². The molecule has 3 rings (SSSR count). The number of hydrogen-bond donors (Lipinski definition) is 2. The molecule has 0 unspecified atom stereocenters. The first kappa shape index (κ1) is 23.0. The Bertz CT molecular complexity index is 484. The van der Waals surface area contributed by atoms with Crippen LogP contribution in [0.15, 0.2) is 12.1 Å². The van der Waals surface area contributed by atoms with Crippen molar-refractivity contribution in [3.8, 4) is 5.75 Å². The normalized spacial score (nSPS) is 20.8. The highest BCUT2D eigenvalue weighted by atomic mass is 127. The minimum Gasteiger partial charge on any atom is -0.506 e. The van der Waals surface area contributed by atoms with Crippen LogP contribution in [0.5, 0.6) is 5.75 Å². The summed E-state index contributed by atoms with van der Waals surface area (Å²) in [5.74, 6) is 1.05. The van der Waals surface area contributed by atoms with E-state index in [0.29, 0.717) is 17.7 Å². The maximum absolute atomic E-state index is 10.1. The van der Waals surface area contributed by atoms with E-state index in [-0.39, 0.29) is 24.8 Å². The fourth-order valence-electron chi connectivity index (χ4n) is 3.53. The zero-order valence-corrected chi connectivity index (χ0v) is 19.3. The first-order chi connectivity index (χ1) is 10.7. The van der Waals surface area contributed by atoms with Gasteiger partial charge in [-0.1, -0.05) is 0 Å². The van der Waals surface area contributed by atoms with Crippen LogP contribution in [0.2, 0.25) is 0 Å². The zero-order chi connectivity index (χ0) is 15.5. The maximum atomic E-state index is 10.1. The number of aromatic hydroxyl groups is 1. The molecule has 0 bridgehead atoms. The number of rotatable bonds is 3. The average molecular weight is 601 g/mol. The van der Waals surface area contributed by atoms with Gasteiger partial charge in [0.15, 0.2) is 0 Å². The summed E-state index contributed by atoms with van der Waals surface area (Å²) in [7, 11) is 0. The molecule has 1 aromatic carbocycles. The van der Waals surface area contributed by atoms with E-state index >= 15 is 0 Å². The molecule has 1 aromatic rings. The lowest BCUT2D eigenvalue weighted by Gasteiger charge is -2.41. The molecule has 0 radical (unpaired) electrons. The Labute approximate surface area is 183 Å². The van der Waals surface area contributed by atoms with Crippen LogP contribution in [-0.2, 0) is 4.74 Å². The average Bonchev–Trinajstić information content (AvgIpc) is 2.55. The van der Waals surface area contributed by atoms with E-state index in [1.54, 1.807) is 0 Å². The molecular formula is C16H24Cl2I2N2O2. The van der Waals surface area contributed by atoms with Gasteiger partial charge < -0.3 is 15.2 Å². The lowest BCUT2D eigenvalue weighted by Crippen LogP contribution is -2.47. The fourth-order valence-corrected chi connectivity index (χ4v) is 5.35. The van der Waals surface area contributed by atoms with Crippen LogP contribution >= 0.6 is 70.0 Å². The summed E-state index contributed by atoms with van der Waals surface area (Å²) in [6.07, 6.45) is 2.26. The van der Waals surface area contributed by atoms with Gasteiger partial charge in [0.2, 0.25) is 0 Å². The van der Waals surface area contributed by atoms with E-state index in [2.05, 4.69) is 67.5 Å². The Morgan fingerprint density at radius 2 is 1.62 bits per heavy atom. The third-order valence-electron chi connectivity index (χ3n) is 4.64. The Balaban J connectivity index is 0.00000144. The Hall–Kier alpha value is 0.940. The van der Waals surface area contributed by atoms with Gasteiger partial charge in [-0.25, -0.2) is 0 Å². The van der Waals surface area contributed by atoms with Crippen molar-refractivity contribution in [2.75, 3.05) is 39.4 Å². The van der Waals surface area contributed by atoms with Crippen LogP contribution in [0.4, 0.5) is 0 Å². The predicted molar refractivity (Wildman–Crippen MR) is 119 cm³/mol. The molecule has 8 heteroatoms. The number of phenolic OH excluding ortho intramolecular Hbond substituents is 1. The first-order valence-electron chi connectivity index (χ1n) is 7.87. The highest BCUT2D eigenvalue weighted by molar-refractivity contribution is 14.1. The molecule has 2 aliphatic rings. The van der Waals surface area contributed by atoms with Crippen LogP contribution in [0.1, 0.15) is 24.4 Å². The molecule has 24 heavy (non-hydrogen) atoms. The number of hydrogen-bond acceptors (Lipinski definition) is 4. The van der Waals surface area contributed by atoms with Crippen LogP contribution < -0.4 is 5.32 Å². The smallest absolute Gasteiger partial charge is 0.142 e. The van der Waals surface area contributed by atoms with Gasteiger partial charge in [-0.2, -0.15) is 0 Å². The van der Waals surface area contributed by atoms with E-state index in [0.717, 1.165) is 59.4 Å². The number of nitrogens with one attached hydrogen (secondary N) is 1. The molecule has 0 amide bonds. The van der Waals surface area contributed by atoms with Crippen molar-refractivity contribution >= 4 is 70.0 Å². The van der Waals surface area contributed by atoms with Crippen molar-refractivity contribution < 1.29 is 9.84 Å². The third kappa shape index (κ3) is 5.47. The standard InChI is InChI=1S/C16H22I2N2O2.2ClH/c17-13-9-12(10-14(18)16(13)21)15(11-1-7-22-8-2-11)20-5-3-19-4-6-20;;/h9-11,15,19,21H,1-8H2;2*1H/t15-;;/m0../s1. The number of piperazine rings is 1. The summed E-state index contributed by atoms with van der Waals surface area (Å²) in [5.41, 5.74) is 1.35. The Morgan fingerprint density at radius 3 is 2.17 bits per heavy atom. The van der Waals surface area contributed by atoms with Gasteiger partial charge in [-0.3, -0.25) is 4.90 Å². The summed E-state index contributed by atoms with van der Waals surface area (Å²) < 4.78 is 7.47. The quantitative estimate of drug-likeness (QED) is 0.518. The summed E-state index contributed by atoms with van der Waals surface area (Å²) in [4.78, 5) is 2.62. The van der Waals surface area contributed by atoms with Gasteiger partial charge in [-0.05, 0) is 81.6 Å². The van der Waals surface area contributed by atoms with Gasteiger partial charge in [0.05, 0.1) is 7.14 Å². The number of nitrogens with zero attached hydrogens (tertiary/aromatic N) is 1. The van der Waals surface area contributed by atoms with Crippen molar-refractivity contribution in [1.82, 2.24) is 10.2 Å². The van der Waals surface area contributed by atoms with E-state index < -0.39 is 0 Å². The minimum absolute atomic E-state index is 0. The van der Waals surface area contributed by atoms with Crippen LogP contribution in [0, 0.1) is 13.1 Å². The molecule has 2 aliphatic heterocycles. The van der Waals surface area contributed by atoms with Gasteiger partial charge >= 0.3 is 0 Å². The fraction of sp³-hybridized carbons (Fsp3) is 0.625. The van der Waals surface area contributed by atoms with Crippen LogP contribution in [0.3, 0.4) is 0 Å². The number of phenols is 1. The number of benzene rings is 1. The zero-order valence-electron chi connectivity index (χ0n) is 13.3. The molecule has 138 valence electrons. The van der Waals surface area contributed by atoms with E-state index in [1.807, 2.05) is 0 Å².